The monoisotopic (exact) mass is 379 g/mol. The van der Waals surface area contributed by atoms with Gasteiger partial charge in [0.1, 0.15) is 11.4 Å². The molecule has 0 bridgehead atoms. The number of hydrogen-bond acceptors (Lipinski definition) is 8. The zero-order valence-electron chi connectivity index (χ0n) is 15.1. The number of nitrogens with one attached hydrogen (secondary N) is 2. The van der Waals surface area contributed by atoms with E-state index in [0.717, 1.165) is 17.3 Å². The fourth-order valence-electron chi connectivity index (χ4n) is 3.11. The molecule has 9 heteroatoms. The number of carbonyl (C=O) groups excluding carboxylic acids is 1. The van der Waals surface area contributed by atoms with E-state index in [2.05, 4.69) is 25.6 Å². The SMILES string of the molecule is NC(=O)c1cnc(N[C@@H]2CCOC[C@@H]2N)nc1Nc1cnc2ccccc2c1. The molecule has 3 heterocycles. The number of primary amides is 1. The summed E-state index contributed by atoms with van der Waals surface area (Å²) in [7, 11) is 0. The van der Waals surface area contributed by atoms with Gasteiger partial charge in [-0.25, -0.2) is 4.98 Å². The van der Waals surface area contributed by atoms with Crippen molar-refractivity contribution < 1.29 is 9.53 Å². The summed E-state index contributed by atoms with van der Waals surface area (Å²) in [6, 6.07) is 9.51. The second kappa shape index (κ2) is 7.75. The van der Waals surface area contributed by atoms with Gasteiger partial charge >= 0.3 is 0 Å². The van der Waals surface area contributed by atoms with Gasteiger partial charge in [-0.2, -0.15) is 4.98 Å². The largest absolute Gasteiger partial charge is 0.380 e. The Hall–Kier alpha value is -3.30. The van der Waals surface area contributed by atoms with Crippen LogP contribution in [0.1, 0.15) is 16.8 Å². The zero-order valence-corrected chi connectivity index (χ0v) is 15.1. The summed E-state index contributed by atoms with van der Waals surface area (Å²) in [6.07, 6.45) is 3.83. The highest BCUT2D eigenvalue weighted by molar-refractivity contribution is 5.98. The van der Waals surface area contributed by atoms with Crippen molar-refractivity contribution in [3.05, 3.63) is 48.3 Å². The average Bonchev–Trinajstić information content (AvgIpc) is 2.70. The lowest BCUT2D eigenvalue weighted by Gasteiger charge is -2.29. The zero-order chi connectivity index (χ0) is 19.5. The van der Waals surface area contributed by atoms with Crippen molar-refractivity contribution in [1.82, 2.24) is 15.0 Å². The summed E-state index contributed by atoms with van der Waals surface area (Å²) in [5, 5.41) is 7.31. The van der Waals surface area contributed by atoms with Gasteiger partial charge in [0.15, 0.2) is 0 Å². The molecule has 1 fully saturated rings. The molecule has 28 heavy (non-hydrogen) atoms. The van der Waals surface area contributed by atoms with Gasteiger partial charge in [0.25, 0.3) is 5.91 Å². The van der Waals surface area contributed by atoms with Gasteiger partial charge in [-0.1, -0.05) is 18.2 Å². The number of anilines is 3. The maximum atomic E-state index is 11.8. The van der Waals surface area contributed by atoms with Crippen LogP contribution in [0, 0.1) is 0 Å². The lowest BCUT2D eigenvalue weighted by molar-refractivity contribution is 0.0751. The fraction of sp³-hybridized carbons (Fsp3) is 0.263. The number of rotatable bonds is 5. The van der Waals surface area contributed by atoms with Crippen LogP contribution in [-0.4, -0.2) is 46.2 Å². The van der Waals surface area contributed by atoms with E-state index in [1.807, 2.05) is 30.3 Å². The van der Waals surface area contributed by atoms with E-state index in [0.29, 0.717) is 30.7 Å². The second-order valence-electron chi connectivity index (χ2n) is 6.64. The Morgan fingerprint density at radius 2 is 2.07 bits per heavy atom. The summed E-state index contributed by atoms with van der Waals surface area (Å²) >= 11 is 0. The van der Waals surface area contributed by atoms with E-state index in [4.69, 9.17) is 16.2 Å². The van der Waals surface area contributed by atoms with Crippen LogP contribution in [0.3, 0.4) is 0 Å². The molecular weight excluding hydrogens is 358 g/mol. The van der Waals surface area contributed by atoms with Crippen LogP contribution in [0.25, 0.3) is 10.9 Å². The number of pyridine rings is 1. The van der Waals surface area contributed by atoms with Crippen LogP contribution in [0.4, 0.5) is 17.5 Å². The van der Waals surface area contributed by atoms with E-state index in [1.165, 1.54) is 6.20 Å². The predicted molar refractivity (Wildman–Crippen MR) is 106 cm³/mol. The summed E-state index contributed by atoms with van der Waals surface area (Å²) in [5.41, 5.74) is 13.3. The Kier molecular flexibility index (Phi) is 5.00. The number of nitrogens with zero attached hydrogens (tertiary/aromatic N) is 3. The molecule has 9 nitrogen and oxygen atoms in total. The fourth-order valence-corrected chi connectivity index (χ4v) is 3.11. The molecule has 1 aliphatic rings. The van der Waals surface area contributed by atoms with E-state index >= 15 is 0 Å². The van der Waals surface area contributed by atoms with Crippen LogP contribution >= 0.6 is 0 Å². The third-order valence-corrected chi connectivity index (χ3v) is 4.62. The molecule has 0 aliphatic carbocycles. The normalized spacial score (nSPS) is 19.3. The molecule has 0 radical (unpaired) electrons. The molecule has 0 spiro atoms. The minimum atomic E-state index is -0.620. The Labute approximate surface area is 161 Å². The molecule has 1 amide bonds. The molecule has 2 aromatic heterocycles. The second-order valence-corrected chi connectivity index (χ2v) is 6.64. The number of carbonyl (C=O) groups is 1. The first kappa shape index (κ1) is 18.1. The lowest BCUT2D eigenvalue weighted by atomic mass is 10.1. The number of hydrogen-bond donors (Lipinski definition) is 4. The van der Waals surface area contributed by atoms with Gasteiger partial charge in [-0.15, -0.1) is 0 Å². The maximum Gasteiger partial charge on any atom is 0.254 e. The lowest BCUT2D eigenvalue weighted by Crippen LogP contribution is -2.47. The third kappa shape index (κ3) is 3.85. The molecule has 2 atom stereocenters. The van der Waals surface area contributed by atoms with Crippen molar-refractivity contribution in [1.29, 1.82) is 0 Å². The Bertz CT molecular complexity index is 1010. The highest BCUT2D eigenvalue weighted by atomic mass is 16.5. The Morgan fingerprint density at radius 1 is 1.21 bits per heavy atom. The number of fused-ring (bicyclic) bond motifs is 1. The van der Waals surface area contributed by atoms with Crippen molar-refractivity contribution in [2.24, 2.45) is 11.5 Å². The Balaban J connectivity index is 1.62. The van der Waals surface area contributed by atoms with E-state index in [1.54, 1.807) is 6.20 Å². The molecule has 144 valence electrons. The van der Waals surface area contributed by atoms with Crippen LogP contribution < -0.4 is 22.1 Å². The van der Waals surface area contributed by atoms with Gasteiger partial charge in [0.2, 0.25) is 5.95 Å². The van der Waals surface area contributed by atoms with Gasteiger partial charge in [0.05, 0.1) is 24.0 Å². The number of benzene rings is 1. The quantitative estimate of drug-likeness (QED) is 0.521. The average molecular weight is 379 g/mol. The highest BCUT2D eigenvalue weighted by Gasteiger charge is 2.23. The smallest absolute Gasteiger partial charge is 0.254 e. The first-order valence-corrected chi connectivity index (χ1v) is 8.98. The van der Waals surface area contributed by atoms with Crippen molar-refractivity contribution in [2.45, 2.75) is 18.5 Å². The Morgan fingerprint density at radius 3 is 2.89 bits per heavy atom. The van der Waals surface area contributed by atoms with Crippen LogP contribution in [0.15, 0.2) is 42.7 Å². The van der Waals surface area contributed by atoms with Gasteiger partial charge in [-0.3, -0.25) is 9.78 Å². The first-order chi connectivity index (χ1) is 13.6. The number of para-hydroxylation sites is 1. The molecule has 6 N–H and O–H groups in total. The topological polar surface area (TPSA) is 141 Å². The number of aromatic nitrogens is 3. The molecule has 4 rings (SSSR count). The standard InChI is InChI=1S/C19H21N7O2/c20-14-10-28-6-5-16(14)25-19-23-9-13(17(21)27)18(26-19)24-12-7-11-3-1-2-4-15(11)22-8-12/h1-4,7-9,14,16H,5-6,10,20H2,(H2,21,27)(H2,23,24,25,26)/t14-,16+/m0/s1. The van der Waals surface area contributed by atoms with Crippen molar-refractivity contribution >= 4 is 34.3 Å². The maximum absolute atomic E-state index is 11.8. The van der Waals surface area contributed by atoms with Gasteiger partial charge in [-0.05, 0) is 18.6 Å². The summed E-state index contributed by atoms with van der Waals surface area (Å²) in [5.74, 6) is 0.0527. The van der Waals surface area contributed by atoms with Crippen molar-refractivity contribution in [3.8, 4) is 0 Å². The van der Waals surface area contributed by atoms with Gasteiger partial charge < -0.3 is 26.8 Å². The first-order valence-electron chi connectivity index (χ1n) is 8.98. The number of ether oxygens (including phenoxy) is 1. The number of nitrogens with two attached hydrogens (primary N) is 2. The molecule has 0 unspecified atom stereocenters. The molecular formula is C19H21N7O2. The molecule has 1 aromatic carbocycles. The van der Waals surface area contributed by atoms with E-state index in [-0.39, 0.29) is 17.6 Å². The minimum absolute atomic E-state index is 0.0108. The van der Waals surface area contributed by atoms with Crippen molar-refractivity contribution in [2.75, 3.05) is 23.8 Å². The van der Waals surface area contributed by atoms with Crippen LogP contribution in [-0.2, 0) is 4.74 Å². The van der Waals surface area contributed by atoms with Gasteiger partial charge in [0, 0.05) is 30.3 Å². The molecule has 3 aromatic rings. The van der Waals surface area contributed by atoms with Crippen LogP contribution in [0.5, 0.6) is 0 Å². The van der Waals surface area contributed by atoms with E-state index in [9.17, 15) is 4.79 Å². The molecule has 1 aliphatic heterocycles. The highest BCUT2D eigenvalue weighted by Crippen LogP contribution is 2.23. The number of amides is 1. The third-order valence-electron chi connectivity index (χ3n) is 4.62. The van der Waals surface area contributed by atoms with Crippen molar-refractivity contribution in [3.63, 3.8) is 0 Å². The summed E-state index contributed by atoms with van der Waals surface area (Å²) in [4.78, 5) is 24.9. The van der Waals surface area contributed by atoms with Crippen LogP contribution in [0.2, 0.25) is 0 Å². The molecule has 0 saturated carbocycles. The van der Waals surface area contributed by atoms with E-state index < -0.39 is 5.91 Å². The molecule has 1 saturated heterocycles. The minimum Gasteiger partial charge on any atom is -0.380 e. The summed E-state index contributed by atoms with van der Waals surface area (Å²) in [6.45, 7) is 1.10. The summed E-state index contributed by atoms with van der Waals surface area (Å²) < 4.78 is 5.35. The predicted octanol–water partition coefficient (Wildman–Crippen LogP) is 1.40.